The van der Waals surface area contributed by atoms with Crippen molar-refractivity contribution in [3.63, 3.8) is 0 Å². The number of rotatable bonds is 6. The lowest BCUT2D eigenvalue weighted by molar-refractivity contribution is -0.139. The summed E-state index contributed by atoms with van der Waals surface area (Å²) in [5, 5.41) is 2.76. The van der Waals surface area contributed by atoms with Crippen molar-refractivity contribution in [3.8, 4) is 0 Å². The predicted octanol–water partition coefficient (Wildman–Crippen LogP) is 2.23. The second-order valence-electron chi connectivity index (χ2n) is 3.71. The maximum Gasteiger partial charge on any atom is 0.315 e. The molecule has 0 saturated carbocycles. The van der Waals surface area contributed by atoms with E-state index in [1.807, 2.05) is 31.2 Å². The van der Waals surface area contributed by atoms with Crippen LogP contribution in [-0.2, 0) is 14.3 Å². The minimum Gasteiger partial charge on any atom is -0.465 e. The number of esters is 1. The number of anilines is 1. The smallest absolute Gasteiger partial charge is 0.315 e. The maximum absolute atomic E-state index is 11.6. The Morgan fingerprint density at radius 2 is 1.89 bits per heavy atom. The number of ether oxygens (including phenoxy) is 1. The Morgan fingerprint density at radius 1 is 1.22 bits per heavy atom. The first-order valence-corrected chi connectivity index (χ1v) is 6.87. The molecule has 1 aromatic rings. The number of amides is 1. The van der Waals surface area contributed by atoms with Gasteiger partial charge in [0.15, 0.2) is 0 Å². The summed E-state index contributed by atoms with van der Waals surface area (Å²) in [6.45, 7) is 4.11. The minimum atomic E-state index is -0.286. The van der Waals surface area contributed by atoms with Gasteiger partial charge in [0, 0.05) is 5.69 Å². The number of aryl methyl sites for hydroxylation is 1. The van der Waals surface area contributed by atoms with E-state index in [-0.39, 0.29) is 23.4 Å². The van der Waals surface area contributed by atoms with Crippen molar-refractivity contribution in [2.75, 3.05) is 23.4 Å². The minimum absolute atomic E-state index is 0.117. The van der Waals surface area contributed by atoms with Gasteiger partial charge < -0.3 is 10.1 Å². The van der Waals surface area contributed by atoms with Crippen LogP contribution in [-0.4, -0.2) is 30.0 Å². The molecular weight excluding hydrogens is 250 g/mol. The maximum atomic E-state index is 11.6. The highest BCUT2D eigenvalue weighted by Crippen LogP contribution is 2.09. The third-order valence-electron chi connectivity index (χ3n) is 2.09. The molecule has 0 atom stereocenters. The van der Waals surface area contributed by atoms with Gasteiger partial charge in [-0.15, -0.1) is 11.8 Å². The molecule has 0 unspecified atom stereocenters. The van der Waals surface area contributed by atoms with Gasteiger partial charge in [-0.25, -0.2) is 0 Å². The van der Waals surface area contributed by atoms with Crippen LogP contribution in [0.1, 0.15) is 12.5 Å². The highest BCUT2D eigenvalue weighted by molar-refractivity contribution is 8.00. The fourth-order valence-corrected chi connectivity index (χ4v) is 1.87. The second kappa shape index (κ2) is 7.76. The van der Waals surface area contributed by atoms with Crippen molar-refractivity contribution in [1.82, 2.24) is 0 Å². The molecule has 18 heavy (non-hydrogen) atoms. The summed E-state index contributed by atoms with van der Waals surface area (Å²) in [5.74, 6) is 0.0424. The van der Waals surface area contributed by atoms with Crippen molar-refractivity contribution < 1.29 is 14.3 Å². The highest BCUT2D eigenvalue weighted by atomic mass is 32.2. The quantitative estimate of drug-likeness (QED) is 0.803. The van der Waals surface area contributed by atoms with Gasteiger partial charge in [-0.05, 0) is 26.0 Å². The van der Waals surface area contributed by atoms with Crippen LogP contribution in [0.3, 0.4) is 0 Å². The molecule has 1 amide bonds. The van der Waals surface area contributed by atoms with Gasteiger partial charge >= 0.3 is 5.97 Å². The van der Waals surface area contributed by atoms with E-state index in [4.69, 9.17) is 4.74 Å². The Balaban J connectivity index is 2.25. The van der Waals surface area contributed by atoms with Crippen LogP contribution in [0.25, 0.3) is 0 Å². The number of hydrogen-bond donors (Lipinski definition) is 1. The summed E-state index contributed by atoms with van der Waals surface area (Å²) in [7, 11) is 0. The topological polar surface area (TPSA) is 55.4 Å². The Kier molecular flexibility index (Phi) is 6.28. The molecule has 0 spiro atoms. The fraction of sp³-hybridized carbons (Fsp3) is 0.385. The van der Waals surface area contributed by atoms with E-state index in [1.54, 1.807) is 6.92 Å². The van der Waals surface area contributed by atoms with Gasteiger partial charge in [0.25, 0.3) is 0 Å². The van der Waals surface area contributed by atoms with E-state index in [9.17, 15) is 9.59 Å². The zero-order valence-electron chi connectivity index (χ0n) is 10.6. The van der Waals surface area contributed by atoms with Crippen LogP contribution >= 0.6 is 11.8 Å². The zero-order chi connectivity index (χ0) is 13.4. The molecule has 0 aliphatic heterocycles. The van der Waals surface area contributed by atoms with Crippen LogP contribution in [0.2, 0.25) is 0 Å². The third kappa shape index (κ3) is 5.72. The number of thioether (sulfide) groups is 1. The first kappa shape index (κ1) is 14.6. The Hall–Kier alpha value is -1.49. The number of carbonyl (C=O) groups is 2. The summed E-state index contributed by atoms with van der Waals surface area (Å²) in [4.78, 5) is 22.6. The predicted molar refractivity (Wildman–Crippen MR) is 73.8 cm³/mol. The SMILES string of the molecule is CCOC(=O)CSCC(=O)Nc1ccc(C)cc1. The lowest BCUT2D eigenvalue weighted by Crippen LogP contribution is -2.16. The Bertz CT molecular complexity index is 403. The molecule has 98 valence electrons. The number of benzene rings is 1. The molecule has 4 nitrogen and oxygen atoms in total. The van der Waals surface area contributed by atoms with Crippen molar-refractivity contribution in [2.24, 2.45) is 0 Å². The second-order valence-corrected chi connectivity index (χ2v) is 4.70. The summed E-state index contributed by atoms with van der Waals surface area (Å²) >= 11 is 1.25. The van der Waals surface area contributed by atoms with Gasteiger partial charge in [0.1, 0.15) is 0 Å². The average Bonchev–Trinajstić information content (AvgIpc) is 2.32. The van der Waals surface area contributed by atoms with E-state index < -0.39 is 0 Å². The molecule has 1 rings (SSSR count). The molecule has 0 bridgehead atoms. The van der Waals surface area contributed by atoms with E-state index in [0.29, 0.717) is 6.61 Å². The van der Waals surface area contributed by atoms with Crippen molar-refractivity contribution in [3.05, 3.63) is 29.8 Å². The lowest BCUT2D eigenvalue weighted by Gasteiger charge is -2.05. The van der Waals surface area contributed by atoms with Crippen molar-refractivity contribution >= 4 is 29.3 Å². The molecule has 0 heterocycles. The van der Waals surface area contributed by atoms with Crippen LogP contribution in [0.15, 0.2) is 24.3 Å². The average molecular weight is 267 g/mol. The number of carbonyl (C=O) groups excluding carboxylic acids is 2. The Labute approximate surface area is 111 Å². The van der Waals surface area contributed by atoms with Crippen molar-refractivity contribution in [1.29, 1.82) is 0 Å². The monoisotopic (exact) mass is 267 g/mol. The summed E-state index contributed by atoms with van der Waals surface area (Å²) in [6, 6.07) is 7.56. The van der Waals surface area contributed by atoms with Gasteiger partial charge in [0.2, 0.25) is 5.91 Å². The van der Waals surface area contributed by atoms with Gasteiger partial charge in [-0.1, -0.05) is 17.7 Å². The van der Waals surface area contributed by atoms with E-state index in [2.05, 4.69) is 5.32 Å². The molecular formula is C13H17NO3S. The molecule has 0 aliphatic carbocycles. The molecule has 1 N–H and O–H groups in total. The molecule has 0 fully saturated rings. The van der Waals surface area contributed by atoms with Gasteiger partial charge in [-0.3, -0.25) is 9.59 Å². The summed E-state index contributed by atoms with van der Waals surface area (Å²) in [6.07, 6.45) is 0. The summed E-state index contributed by atoms with van der Waals surface area (Å²) in [5.41, 5.74) is 1.91. The number of hydrogen-bond acceptors (Lipinski definition) is 4. The standard InChI is InChI=1S/C13H17NO3S/c1-3-17-13(16)9-18-8-12(15)14-11-6-4-10(2)5-7-11/h4-7H,3,8-9H2,1-2H3,(H,14,15). The molecule has 0 aliphatic rings. The molecule has 0 aromatic heterocycles. The van der Waals surface area contributed by atoms with Gasteiger partial charge in [-0.2, -0.15) is 0 Å². The summed E-state index contributed by atoms with van der Waals surface area (Å²) < 4.78 is 4.76. The number of nitrogens with one attached hydrogen (secondary N) is 1. The normalized spacial score (nSPS) is 9.89. The van der Waals surface area contributed by atoms with Gasteiger partial charge in [0.05, 0.1) is 18.1 Å². The molecule has 5 heteroatoms. The van der Waals surface area contributed by atoms with Crippen LogP contribution in [0.5, 0.6) is 0 Å². The largest absolute Gasteiger partial charge is 0.465 e. The first-order valence-electron chi connectivity index (χ1n) is 5.71. The Morgan fingerprint density at radius 3 is 2.50 bits per heavy atom. The van der Waals surface area contributed by atoms with E-state index in [1.165, 1.54) is 11.8 Å². The molecule has 0 radical (unpaired) electrons. The third-order valence-corrected chi connectivity index (χ3v) is 3.00. The molecule has 1 aromatic carbocycles. The van der Waals surface area contributed by atoms with Crippen LogP contribution in [0, 0.1) is 6.92 Å². The van der Waals surface area contributed by atoms with Crippen LogP contribution < -0.4 is 5.32 Å². The highest BCUT2D eigenvalue weighted by Gasteiger charge is 2.06. The fourth-order valence-electron chi connectivity index (χ4n) is 1.26. The zero-order valence-corrected chi connectivity index (χ0v) is 11.4. The lowest BCUT2D eigenvalue weighted by atomic mass is 10.2. The first-order chi connectivity index (χ1) is 8.61. The van der Waals surface area contributed by atoms with Crippen LogP contribution in [0.4, 0.5) is 5.69 Å². The van der Waals surface area contributed by atoms with Crippen molar-refractivity contribution in [2.45, 2.75) is 13.8 Å². The van der Waals surface area contributed by atoms with E-state index in [0.717, 1.165) is 11.3 Å². The molecule has 0 saturated heterocycles. The van der Waals surface area contributed by atoms with E-state index >= 15 is 0 Å².